The van der Waals surface area contributed by atoms with Gasteiger partial charge in [0.15, 0.2) is 0 Å². The van der Waals surface area contributed by atoms with Gasteiger partial charge in [-0.15, -0.1) is 16.9 Å². The van der Waals surface area contributed by atoms with Crippen molar-refractivity contribution < 1.29 is 40.0 Å². The van der Waals surface area contributed by atoms with Crippen LogP contribution in [0.5, 0.6) is 0 Å². The standard InChI is InChI=1S/C21H32N4O4.CH.Fe.H2O/c1-19(2,3)17(28)24-14-11-9-8-10-13(14)23-15(26)12-20(4,5)25-18(29)21(6,7)16(22)27;;;/h8-11H,12H2,1-7H3,(H5,22,23,24,25,26,27,28,29);1H;;1H2/p-3. The van der Waals surface area contributed by atoms with Gasteiger partial charge in [0.2, 0.25) is 0 Å². The maximum Gasteiger partial charge on any atom is -0.457 e. The summed E-state index contributed by atoms with van der Waals surface area (Å²) < 4.78 is 0. The number of carbonyl (C=O) groups excluding carboxylic acids is 4. The first-order valence-corrected chi connectivity index (χ1v) is 10.0. The van der Waals surface area contributed by atoms with Crippen LogP contribution in [0.2, 0.25) is 0 Å². The second kappa shape index (κ2) is 12.4. The molecule has 0 aliphatic carbocycles. The molecular formula is C22H32FeN4O5-3. The Morgan fingerprint density at radius 3 is 1.72 bits per heavy atom. The van der Waals surface area contributed by atoms with Gasteiger partial charge in [-0.2, -0.15) is 0 Å². The second-order valence-corrected chi connectivity index (χ2v) is 9.02. The normalized spacial score (nSPS) is 11.1. The van der Waals surface area contributed by atoms with E-state index in [0.717, 1.165) is 0 Å². The molecule has 0 aliphatic heterocycles. The molecule has 0 saturated heterocycles. The van der Waals surface area contributed by atoms with Crippen LogP contribution in [0.1, 0.15) is 54.9 Å². The summed E-state index contributed by atoms with van der Waals surface area (Å²) >= 11 is 2.75. The summed E-state index contributed by atoms with van der Waals surface area (Å²) in [6.45, 7) is 11.0. The van der Waals surface area contributed by atoms with Crippen molar-refractivity contribution in [3.63, 3.8) is 0 Å². The number of benzene rings is 1. The number of amides is 4. The SMILES string of the molecule is CC(C)(CC(=O)[N-]c1ccccc1[N-]C(=O)C(C)(C)C)[N-]C(=O)C(C)(C)C([NH-])=O.[CH]#[Fe].[OH3+]. The van der Waals surface area contributed by atoms with Crippen molar-refractivity contribution in [3.05, 3.63) is 45.9 Å². The maximum absolute atomic E-state index is 12.5. The zero-order chi connectivity index (χ0) is 24.6. The Kier molecular flexibility index (Phi) is 12.2. The maximum atomic E-state index is 12.5. The van der Waals surface area contributed by atoms with Crippen LogP contribution in [-0.4, -0.2) is 29.2 Å². The van der Waals surface area contributed by atoms with Gasteiger partial charge in [-0.3, -0.25) is 0 Å². The van der Waals surface area contributed by atoms with Gasteiger partial charge in [-0.1, -0.05) is 58.9 Å². The monoisotopic (exact) mass is 488 g/mol. The number of nitrogens with zero attached hydrogens (tertiary/aromatic N) is 3. The molecule has 9 nitrogen and oxygen atoms in total. The summed E-state index contributed by atoms with van der Waals surface area (Å²) in [5, 5.41) is 16.3. The first-order chi connectivity index (χ1) is 14.1. The summed E-state index contributed by atoms with van der Waals surface area (Å²) in [6.07, 6.45) is -0.192. The van der Waals surface area contributed by atoms with E-state index in [1.165, 1.54) is 13.8 Å². The van der Waals surface area contributed by atoms with Crippen molar-refractivity contribution in [2.45, 2.75) is 60.4 Å². The van der Waals surface area contributed by atoms with Gasteiger partial charge in [0, 0.05) is 10.8 Å². The Hall–Kier alpha value is -2.64. The molecule has 1 aromatic carbocycles. The Balaban J connectivity index is 0. The van der Waals surface area contributed by atoms with Crippen molar-refractivity contribution in [1.82, 2.24) is 0 Å². The number of hydrogen-bond acceptors (Lipinski definition) is 4. The van der Waals surface area contributed by atoms with Crippen molar-refractivity contribution in [3.8, 4) is 5.23 Å². The van der Waals surface area contributed by atoms with Crippen molar-refractivity contribution >= 4 is 35.0 Å². The Morgan fingerprint density at radius 1 is 0.875 bits per heavy atom. The first kappa shape index (κ1) is 31.5. The topological polar surface area (TPSA) is 167 Å². The molecule has 0 atom stereocenters. The average molecular weight is 488 g/mol. The minimum Gasteiger partial charge on any atom is -0.457 e. The molecule has 32 heavy (non-hydrogen) atoms. The van der Waals surface area contributed by atoms with Crippen LogP contribution >= 0.6 is 0 Å². The van der Waals surface area contributed by atoms with Gasteiger partial charge < -0.3 is 46.3 Å². The van der Waals surface area contributed by atoms with Gasteiger partial charge in [0.25, 0.3) is 0 Å². The fourth-order valence-corrected chi connectivity index (χ4v) is 2.03. The van der Waals surface area contributed by atoms with E-state index in [4.69, 9.17) is 5.73 Å². The smallest absolute Gasteiger partial charge is 0.457 e. The van der Waals surface area contributed by atoms with E-state index in [-0.39, 0.29) is 29.2 Å². The number of carbonyl (C=O) groups is 4. The van der Waals surface area contributed by atoms with E-state index in [1.54, 1.807) is 58.9 Å². The van der Waals surface area contributed by atoms with E-state index in [9.17, 15) is 19.2 Å². The van der Waals surface area contributed by atoms with E-state index in [2.05, 4.69) is 36.6 Å². The number of rotatable bonds is 7. The van der Waals surface area contributed by atoms with Crippen LogP contribution in [-0.2, 0) is 40.0 Å². The third kappa shape index (κ3) is 9.66. The first-order valence-electron chi connectivity index (χ1n) is 9.40. The fraction of sp³-hybridized carbons (Fsp3) is 0.500. The van der Waals surface area contributed by atoms with Crippen LogP contribution in [0.3, 0.4) is 0 Å². The van der Waals surface area contributed by atoms with E-state index < -0.39 is 34.1 Å². The number of para-hydroxylation sites is 2. The predicted octanol–water partition coefficient (Wildman–Crippen LogP) is 4.67. The zero-order valence-corrected chi connectivity index (χ0v) is 20.6. The van der Waals surface area contributed by atoms with Crippen LogP contribution in [0.4, 0.5) is 11.4 Å². The molecule has 4 amide bonds. The van der Waals surface area contributed by atoms with E-state index in [1.807, 2.05) is 0 Å². The minimum absolute atomic E-state index is 0. The molecule has 0 bridgehead atoms. The molecule has 0 heterocycles. The van der Waals surface area contributed by atoms with Gasteiger partial charge in [-0.25, -0.2) is 0 Å². The van der Waals surface area contributed by atoms with Gasteiger partial charge in [-0.05, 0) is 20.3 Å². The molecule has 0 aromatic heterocycles. The molecule has 0 spiro atoms. The summed E-state index contributed by atoms with van der Waals surface area (Å²) in [5.41, 5.74) is 4.37. The van der Waals surface area contributed by atoms with Gasteiger partial charge in [0.05, 0.1) is 23.6 Å². The molecule has 0 saturated carbocycles. The zero-order valence-electron chi connectivity index (χ0n) is 19.5. The molecule has 10 heteroatoms. The number of nitrogens with one attached hydrogen (secondary N) is 1. The van der Waals surface area contributed by atoms with E-state index >= 15 is 0 Å². The molecule has 4 N–H and O–H groups in total. The largest absolute Gasteiger partial charge is 0.457 e. The average Bonchev–Trinajstić information content (AvgIpc) is 2.62. The van der Waals surface area contributed by atoms with Crippen LogP contribution in [0.15, 0.2) is 24.3 Å². The van der Waals surface area contributed by atoms with Crippen LogP contribution < -0.4 is 0 Å². The van der Waals surface area contributed by atoms with E-state index in [0.29, 0.717) is 0 Å². The molecule has 1 aromatic rings. The van der Waals surface area contributed by atoms with Crippen LogP contribution in [0, 0.1) is 16.1 Å². The molecule has 181 valence electrons. The number of hydrogen-bond donors (Lipinski definition) is 0. The molecule has 1 rings (SSSR count). The third-order valence-electron chi connectivity index (χ3n) is 4.08. The van der Waals surface area contributed by atoms with Gasteiger partial charge in [0.1, 0.15) is 0 Å². The van der Waals surface area contributed by atoms with Crippen molar-refractivity contribution in [2.24, 2.45) is 10.8 Å². The third-order valence-corrected chi connectivity index (χ3v) is 4.08. The van der Waals surface area contributed by atoms with Crippen LogP contribution in [0.25, 0.3) is 21.7 Å². The molecule has 0 radical (unpaired) electrons. The molecule has 0 fully saturated rings. The summed E-state index contributed by atoms with van der Waals surface area (Å²) in [7, 11) is 0. The summed E-state index contributed by atoms with van der Waals surface area (Å²) in [4.78, 5) is 48.2. The fourth-order valence-electron chi connectivity index (χ4n) is 2.03. The Labute approximate surface area is 197 Å². The quantitative estimate of drug-likeness (QED) is 0.309. The van der Waals surface area contributed by atoms with Crippen molar-refractivity contribution in [2.75, 3.05) is 0 Å². The second-order valence-electron chi connectivity index (χ2n) is 9.02. The molecule has 0 unspecified atom stereocenters. The summed E-state index contributed by atoms with van der Waals surface area (Å²) in [5.74, 6) is -2.69. The Morgan fingerprint density at radius 2 is 1.31 bits per heavy atom. The molecular weight excluding hydrogens is 456 g/mol. The minimum atomic E-state index is -1.57. The summed E-state index contributed by atoms with van der Waals surface area (Å²) in [6, 6.07) is 6.53. The molecule has 0 aliphatic rings. The predicted molar refractivity (Wildman–Crippen MR) is 122 cm³/mol. The van der Waals surface area contributed by atoms with Crippen molar-refractivity contribution in [1.29, 1.82) is 0 Å². The van der Waals surface area contributed by atoms with Gasteiger partial charge >= 0.3 is 20.6 Å². The Bertz CT molecular complexity index is 857.